The number of aromatic hydroxyl groups is 2. The molecule has 0 radical (unpaired) electrons. The number of benzene rings is 2. The van der Waals surface area contributed by atoms with E-state index in [1.54, 1.807) is 11.1 Å². The second kappa shape index (κ2) is 14.4. The second-order valence-electron chi connectivity index (χ2n) is 16.1. The molecule has 2 nitrogen and oxygen atoms in total. The number of hydrogen-bond donors (Lipinski definition) is 2. The van der Waals surface area contributed by atoms with Crippen LogP contribution in [0, 0.1) is 5.41 Å². The van der Waals surface area contributed by atoms with Crippen LogP contribution in [0.15, 0.2) is 36.4 Å². The van der Waals surface area contributed by atoms with Crippen molar-refractivity contribution in [3.8, 4) is 11.5 Å². The van der Waals surface area contributed by atoms with Crippen molar-refractivity contribution in [1.29, 1.82) is 0 Å². The Bertz CT molecular complexity index is 1140. The molecule has 45 heavy (non-hydrogen) atoms. The SMILES string of the molecule is CCCC(CCC)(C1(c2ccc(O)c(C3CCCCC3)c2)CCCCC1)C1(c2ccc(O)c(C3CCCCC3)c2)CCCCC1. The van der Waals surface area contributed by atoms with E-state index in [-0.39, 0.29) is 16.2 Å². The molecule has 0 aliphatic heterocycles. The van der Waals surface area contributed by atoms with Gasteiger partial charge in [0.25, 0.3) is 0 Å². The summed E-state index contributed by atoms with van der Waals surface area (Å²) in [5.41, 5.74) is 5.97. The number of phenolic OH excluding ortho intramolecular Hbond substituents is 2. The first-order valence-corrected chi connectivity index (χ1v) is 19.7. The summed E-state index contributed by atoms with van der Waals surface area (Å²) in [7, 11) is 0. The molecule has 0 heterocycles. The van der Waals surface area contributed by atoms with Gasteiger partial charge < -0.3 is 10.2 Å². The summed E-state index contributed by atoms with van der Waals surface area (Å²) in [6.07, 6.45) is 30.8. The van der Waals surface area contributed by atoms with Gasteiger partial charge in [0.15, 0.2) is 0 Å². The van der Waals surface area contributed by atoms with Gasteiger partial charge in [-0.1, -0.05) is 128 Å². The fraction of sp³-hybridized carbons (Fsp3) is 0.721. The second-order valence-corrected chi connectivity index (χ2v) is 16.1. The Hall–Kier alpha value is -1.96. The Kier molecular flexibility index (Phi) is 10.6. The molecule has 0 bridgehead atoms. The normalized spacial score (nSPS) is 23.2. The molecular weight excluding hydrogens is 548 g/mol. The maximum absolute atomic E-state index is 11.3. The van der Waals surface area contributed by atoms with Gasteiger partial charge in [-0.2, -0.15) is 0 Å². The van der Waals surface area contributed by atoms with Crippen LogP contribution in [0.1, 0.15) is 202 Å². The Morgan fingerprint density at radius 2 is 0.889 bits per heavy atom. The van der Waals surface area contributed by atoms with E-state index < -0.39 is 0 Å². The molecule has 4 fully saturated rings. The largest absolute Gasteiger partial charge is 0.508 e. The fourth-order valence-corrected chi connectivity index (χ4v) is 12.0. The van der Waals surface area contributed by atoms with Crippen LogP contribution in [0.4, 0.5) is 0 Å². The van der Waals surface area contributed by atoms with Gasteiger partial charge in [0.1, 0.15) is 11.5 Å². The number of rotatable bonds is 10. The zero-order valence-electron chi connectivity index (χ0n) is 29.0. The molecule has 4 aliphatic rings. The smallest absolute Gasteiger partial charge is 0.119 e. The predicted octanol–water partition coefficient (Wildman–Crippen LogP) is 12.9. The summed E-state index contributed by atoms with van der Waals surface area (Å²) in [4.78, 5) is 0. The van der Waals surface area contributed by atoms with Gasteiger partial charge in [-0.05, 0) is 116 Å². The Balaban J connectivity index is 1.57. The molecule has 0 unspecified atom stereocenters. The van der Waals surface area contributed by atoms with Gasteiger partial charge in [-0.15, -0.1) is 0 Å². The van der Waals surface area contributed by atoms with E-state index in [1.165, 1.54) is 165 Å². The molecule has 248 valence electrons. The van der Waals surface area contributed by atoms with Crippen LogP contribution in [0.25, 0.3) is 0 Å². The van der Waals surface area contributed by atoms with Crippen molar-refractivity contribution in [3.05, 3.63) is 58.7 Å². The first kappa shape index (κ1) is 33.0. The first-order chi connectivity index (χ1) is 22.0. The van der Waals surface area contributed by atoms with Crippen molar-refractivity contribution < 1.29 is 10.2 Å². The van der Waals surface area contributed by atoms with Crippen LogP contribution in [-0.2, 0) is 10.8 Å². The molecule has 2 aromatic carbocycles. The molecular formula is C43H64O2. The van der Waals surface area contributed by atoms with Crippen LogP contribution < -0.4 is 0 Å². The molecule has 0 aromatic heterocycles. The van der Waals surface area contributed by atoms with Gasteiger partial charge >= 0.3 is 0 Å². The van der Waals surface area contributed by atoms with Gasteiger partial charge in [0.2, 0.25) is 0 Å². The molecule has 6 rings (SSSR count). The van der Waals surface area contributed by atoms with Crippen molar-refractivity contribution in [2.45, 2.75) is 191 Å². The lowest BCUT2D eigenvalue weighted by Crippen LogP contribution is -2.60. The maximum Gasteiger partial charge on any atom is 0.119 e. The lowest BCUT2D eigenvalue weighted by molar-refractivity contribution is -0.0514. The minimum atomic E-state index is 0.106. The summed E-state index contributed by atoms with van der Waals surface area (Å²) >= 11 is 0. The van der Waals surface area contributed by atoms with E-state index in [0.717, 1.165) is 0 Å². The fourth-order valence-electron chi connectivity index (χ4n) is 12.0. The highest BCUT2D eigenvalue weighted by molar-refractivity contribution is 5.48. The molecule has 2 aromatic rings. The summed E-state index contributed by atoms with van der Waals surface area (Å²) in [5.74, 6) is 2.09. The average molecular weight is 613 g/mol. The highest BCUT2D eigenvalue weighted by atomic mass is 16.3. The Labute approximate surface area is 275 Å². The molecule has 0 spiro atoms. The highest BCUT2D eigenvalue weighted by Crippen LogP contribution is 2.68. The quantitative estimate of drug-likeness (QED) is 0.280. The molecule has 2 N–H and O–H groups in total. The number of hydrogen-bond acceptors (Lipinski definition) is 2. The van der Waals surface area contributed by atoms with E-state index >= 15 is 0 Å². The van der Waals surface area contributed by atoms with Gasteiger partial charge in [0, 0.05) is 10.8 Å². The molecule has 4 saturated carbocycles. The van der Waals surface area contributed by atoms with Gasteiger partial charge in [-0.25, -0.2) is 0 Å². The minimum absolute atomic E-state index is 0.106. The third kappa shape index (κ3) is 5.99. The van der Waals surface area contributed by atoms with Crippen molar-refractivity contribution in [1.82, 2.24) is 0 Å². The predicted molar refractivity (Wildman–Crippen MR) is 190 cm³/mol. The van der Waals surface area contributed by atoms with E-state index in [1.807, 2.05) is 0 Å². The van der Waals surface area contributed by atoms with Crippen LogP contribution in [0.5, 0.6) is 11.5 Å². The third-order valence-electron chi connectivity index (χ3n) is 13.9. The Morgan fingerprint density at radius 3 is 1.24 bits per heavy atom. The number of phenols is 2. The van der Waals surface area contributed by atoms with E-state index in [0.29, 0.717) is 23.3 Å². The van der Waals surface area contributed by atoms with E-state index in [9.17, 15) is 10.2 Å². The van der Waals surface area contributed by atoms with Gasteiger partial charge in [0.05, 0.1) is 0 Å². The van der Waals surface area contributed by atoms with Crippen molar-refractivity contribution >= 4 is 0 Å². The highest BCUT2D eigenvalue weighted by Gasteiger charge is 2.62. The first-order valence-electron chi connectivity index (χ1n) is 19.7. The monoisotopic (exact) mass is 612 g/mol. The maximum atomic E-state index is 11.3. The molecule has 0 saturated heterocycles. The van der Waals surface area contributed by atoms with Crippen molar-refractivity contribution in [2.75, 3.05) is 0 Å². The topological polar surface area (TPSA) is 40.5 Å². The summed E-state index contributed by atoms with van der Waals surface area (Å²) in [5, 5.41) is 22.6. The van der Waals surface area contributed by atoms with E-state index in [2.05, 4.69) is 50.2 Å². The molecule has 4 aliphatic carbocycles. The summed E-state index contributed by atoms with van der Waals surface area (Å²) < 4.78 is 0. The molecule has 2 heteroatoms. The van der Waals surface area contributed by atoms with Crippen molar-refractivity contribution in [2.24, 2.45) is 5.41 Å². The minimum Gasteiger partial charge on any atom is -0.508 e. The summed E-state index contributed by atoms with van der Waals surface area (Å²) in [6.45, 7) is 4.90. The average Bonchev–Trinajstić information content (AvgIpc) is 3.10. The van der Waals surface area contributed by atoms with Crippen LogP contribution in [0.3, 0.4) is 0 Å². The standard InChI is InChI=1S/C43H64O2/c1-3-25-43(26-4-2,41(27-13-7-14-28-41)35-21-23-39(44)37(31-35)33-17-9-5-10-18-33)42(29-15-8-16-30-42)36-22-24-40(45)38(32-36)34-19-11-6-12-20-34/h21-24,31-34,44-45H,3-20,25-30H2,1-2H3. The van der Waals surface area contributed by atoms with Crippen LogP contribution in [0.2, 0.25) is 0 Å². The lowest BCUT2D eigenvalue weighted by Gasteiger charge is -2.64. The van der Waals surface area contributed by atoms with Gasteiger partial charge in [-0.3, -0.25) is 0 Å². The zero-order chi connectivity index (χ0) is 31.3. The Morgan fingerprint density at radius 1 is 0.533 bits per heavy atom. The molecule has 0 atom stereocenters. The van der Waals surface area contributed by atoms with Crippen molar-refractivity contribution in [3.63, 3.8) is 0 Å². The lowest BCUT2D eigenvalue weighted by atomic mass is 9.39. The summed E-state index contributed by atoms with van der Waals surface area (Å²) in [6, 6.07) is 14.1. The van der Waals surface area contributed by atoms with Crippen LogP contribution >= 0.6 is 0 Å². The van der Waals surface area contributed by atoms with E-state index in [4.69, 9.17) is 0 Å². The molecule has 0 amide bonds. The zero-order valence-corrected chi connectivity index (χ0v) is 29.0. The van der Waals surface area contributed by atoms with Crippen LogP contribution in [-0.4, -0.2) is 10.2 Å². The third-order valence-corrected chi connectivity index (χ3v) is 13.9.